The molecule has 7 heteroatoms. The van der Waals surface area contributed by atoms with Crippen LogP contribution < -0.4 is 5.73 Å². The van der Waals surface area contributed by atoms with Gasteiger partial charge in [0.1, 0.15) is 5.69 Å². The molecule has 0 aromatic carbocycles. The van der Waals surface area contributed by atoms with E-state index in [-0.39, 0.29) is 0 Å². The van der Waals surface area contributed by atoms with Gasteiger partial charge in [-0.05, 0) is 25.1 Å². The number of nitrogens with zero attached hydrogens (tertiary/aromatic N) is 3. The van der Waals surface area contributed by atoms with Gasteiger partial charge in [-0.3, -0.25) is 0 Å². The Balaban J connectivity index is 1.90. The lowest BCUT2D eigenvalue weighted by molar-refractivity contribution is 0.428. The smallest absolute Gasteiger partial charge is 0.277 e. The summed E-state index contributed by atoms with van der Waals surface area (Å²) in [5, 5.41) is 6.76. The van der Waals surface area contributed by atoms with Crippen molar-refractivity contribution in [2.75, 3.05) is 6.54 Å². The predicted molar refractivity (Wildman–Crippen MR) is 70.6 cm³/mol. The second-order valence-corrected chi connectivity index (χ2v) is 4.96. The SMILES string of the molecule is Cc1ccoc1-c1noc(-c2csc(CCN)n2)n1. The molecule has 0 spiro atoms. The number of rotatable bonds is 4. The molecule has 19 heavy (non-hydrogen) atoms. The van der Waals surface area contributed by atoms with Gasteiger partial charge < -0.3 is 14.7 Å². The van der Waals surface area contributed by atoms with Gasteiger partial charge >= 0.3 is 0 Å². The molecule has 0 aliphatic rings. The van der Waals surface area contributed by atoms with Crippen molar-refractivity contribution < 1.29 is 8.94 Å². The molecule has 0 saturated heterocycles. The van der Waals surface area contributed by atoms with Gasteiger partial charge in [0, 0.05) is 11.8 Å². The summed E-state index contributed by atoms with van der Waals surface area (Å²) >= 11 is 1.54. The zero-order chi connectivity index (χ0) is 13.2. The lowest BCUT2D eigenvalue weighted by atomic mass is 10.3. The summed E-state index contributed by atoms with van der Waals surface area (Å²) in [5.41, 5.74) is 7.14. The maximum absolute atomic E-state index is 5.50. The maximum atomic E-state index is 5.50. The zero-order valence-electron chi connectivity index (χ0n) is 10.3. The fraction of sp³-hybridized carbons (Fsp3) is 0.250. The lowest BCUT2D eigenvalue weighted by Gasteiger charge is -1.88. The van der Waals surface area contributed by atoms with E-state index < -0.39 is 0 Å². The molecule has 0 radical (unpaired) electrons. The van der Waals surface area contributed by atoms with Crippen LogP contribution in [0.1, 0.15) is 10.6 Å². The van der Waals surface area contributed by atoms with Gasteiger partial charge in [-0.25, -0.2) is 4.98 Å². The summed E-state index contributed by atoms with van der Waals surface area (Å²) in [6.07, 6.45) is 2.35. The van der Waals surface area contributed by atoms with Crippen LogP contribution in [0, 0.1) is 6.92 Å². The maximum Gasteiger partial charge on any atom is 0.277 e. The van der Waals surface area contributed by atoms with E-state index >= 15 is 0 Å². The van der Waals surface area contributed by atoms with E-state index in [1.54, 1.807) is 6.26 Å². The third kappa shape index (κ3) is 2.29. The number of hydrogen-bond donors (Lipinski definition) is 1. The van der Waals surface area contributed by atoms with Crippen molar-refractivity contribution >= 4 is 11.3 Å². The zero-order valence-corrected chi connectivity index (χ0v) is 11.1. The van der Waals surface area contributed by atoms with Crippen molar-refractivity contribution in [2.24, 2.45) is 5.73 Å². The molecule has 0 aliphatic heterocycles. The highest BCUT2D eigenvalue weighted by molar-refractivity contribution is 7.09. The number of nitrogens with two attached hydrogens (primary N) is 1. The van der Waals surface area contributed by atoms with Gasteiger partial charge in [0.25, 0.3) is 5.89 Å². The van der Waals surface area contributed by atoms with E-state index in [1.165, 1.54) is 11.3 Å². The Morgan fingerprint density at radius 3 is 3.00 bits per heavy atom. The average molecular weight is 276 g/mol. The van der Waals surface area contributed by atoms with E-state index in [0.29, 0.717) is 29.7 Å². The number of aromatic nitrogens is 3. The summed E-state index contributed by atoms with van der Waals surface area (Å²) in [6, 6.07) is 1.85. The van der Waals surface area contributed by atoms with Gasteiger partial charge in [0.15, 0.2) is 5.76 Å². The largest absolute Gasteiger partial charge is 0.461 e. The molecule has 0 aliphatic carbocycles. The second-order valence-electron chi connectivity index (χ2n) is 4.02. The molecule has 3 aromatic heterocycles. The molecule has 0 unspecified atom stereocenters. The van der Waals surface area contributed by atoms with Crippen molar-refractivity contribution in [1.82, 2.24) is 15.1 Å². The monoisotopic (exact) mass is 276 g/mol. The van der Waals surface area contributed by atoms with E-state index in [4.69, 9.17) is 14.7 Å². The molecular weight excluding hydrogens is 264 g/mol. The fourth-order valence-corrected chi connectivity index (χ4v) is 2.46. The minimum atomic E-state index is 0.394. The Hall–Kier alpha value is -1.99. The number of furan rings is 1. The molecule has 0 bridgehead atoms. The predicted octanol–water partition coefficient (Wildman–Crippen LogP) is 2.26. The van der Waals surface area contributed by atoms with E-state index in [1.807, 2.05) is 18.4 Å². The van der Waals surface area contributed by atoms with E-state index in [2.05, 4.69) is 15.1 Å². The van der Waals surface area contributed by atoms with Crippen LogP contribution >= 0.6 is 11.3 Å². The molecule has 98 valence electrons. The summed E-state index contributed by atoms with van der Waals surface area (Å²) in [7, 11) is 0. The summed E-state index contributed by atoms with van der Waals surface area (Å²) in [4.78, 5) is 8.70. The Morgan fingerprint density at radius 2 is 2.26 bits per heavy atom. The third-order valence-corrected chi connectivity index (χ3v) is 3.53. The number of thiazole rings is 1. The quantitative estimate of drug-likeness (QED) is 0.786. The topological polar surface area (TPSA) is 91.0 Å². The van der Waals surface area contributed by atoms with Crippen molar-refractivity contribution in [3.63, 3.8) is 0 Å². The Morgan fingerprint density at radius 1 is 1.37 bits per heavy atom. The van der Waals surface area contributed by atoms with Crippen LogP contribution in [0.15, 0.2) is 26.6 Å². The van der Waals surface area contributed by atoms with Crippen molar-refractivity contribution in [3.8, 4) is 23.2 Å². The molecule has 3 rings (SSSR count). The third-order valence-electron chi connectivity index (χ3n) is 2.62. The first kappa shape index (κ1) is 12.1. The van der Waals surface area contributed by atoms with Crippen LogP contribution in [0.5, 0.6) is 0 Å². The average Bonchev–Trinajstić information content (AvgIpc) is 3.08. The lowest BCUT2D eigenvalue weighted by Crippen LogP contribution is -2.01. The van der Waals surface area contributed by atoms with Crippen LogP contribution in [-0.2, 0) is 6.42 Å². The van der Waals surface area contributed by atoms with Gasteiger partial charge in [-0.2, -0.15) is 4.98 Å². The van der Waals surface area contributed by atoms with Gasteiger partial charge in [-0.1, -0.05) is 5.16 Å². The molecule has 2 N–H and O–H groups in total. The highest BCUT2D eigenvalue weighted by atomic mass is 32.1. The number of aryl methyl sites for hydroxylation is 1. The van der Waals surface area contributed by atoms with E-state index in [9.17, 15) is 0 Å². The Kier molecular flexibility index (Phi) is 3.14. The van der Waals surface area contributed by atoms with Crippen LogP contribution in [-0.4, -0.2) is 21.7 Å². The standard InChI is InChI=1S/C12H12N4O2S/c1-7-3-5-17-10(7)11-15-12(18-16-11)8-6-19-9(14-8)2-4-13/h3,5-6H,2,4,13H2,1H3. The summed E-state index contributed by atoms with van der Waals surface area (Å²) in [5.74, 6) is 1.45. The molecule has 0 amide bonds. The molecule has 6 nitrogen and oxygen atoms in total. The first-order chi connectivity index (χ1) is 9.28. The Labute approximate surface area is 113 Å². The first-order valence-electron chi connectivity index (χ1n) is 5.81. The van der Waals surface area contributed by atoms with E-state index in [0.717, 1.165) is 17.0 Å². The summed E-state index contributed by atoms with van der Waals surface area (Å²) < 4.78 is 10.5. The Bertz CT molecular complexity index is 685. The van der Waals surface area contributed by atoms with Gasteiger partial charge in [0.05, 0.1) is 11.3 Å². The van der Waals surface area contributed by atoms with Crippen LogP contribution in [0.3, 0.4) is 0 Å². The fourth-order valence-electron chi connectivity index (χ4n) is 1.67. The highest BCUT2D eigenvalue weighted by Crippen LogP contribution is 2.25. The number of hydrogen-bond acceptors (Lipinski definition) is 7. The van der Waals surface area contributed by atoms with Crippen molar-refractivity contribution in [1.29, 1.82) is 0 Å². The highest BCUT2D eigenvalue weighted by Gasteiger charge is 2.16. The second kappa shape index (κ2) is 4.94. The van der Waals surface area contributed by atoms with Crippen molar-refractivity contribution in [3.05, 3.63) is 28.3 Å². The van der Waals surface area contributed by atoms with Crippen LogP contribution in [0.25, 0.3) is 23.2 Å². The first-order valence-corrected chi connectivity index (χ1v) is 6.69. The van der Waals surface area contributed by atoms with Crippen molar-refractivity contribution in [2.45, 2.75) is 13.3 Å². The minimum Gasteiger partial charge on any atom is -0.461 e. The van der Waals surface area contributed by atoms with Crippen LogP contribution in [0.4, 0.5) is 0 Å². The molecular formula is C12H12N4O2S. The molecule has 3 aromatic rings. The van der Waals surface area contributed by atoms with Gasteiger partial charge in [0.2, 0.25) is 5.82 Å². The normalized spacial score (nSPS) is 11.1. The summed E-state index contributed by atoms with van der Waals surface area (Å²) in [6.45, 7) is 2.50. The molecule has 3 heterocycles. The van der Waals surface area contributed by atoms with Gasteiger partial charge in [-0.15, -0.1) is 11.3 Å². The minimum absolute atomic E-state index is 0.394. The molecule has 0 atom stereocenters. The van der Waals surface area contributed by atoms with Crippen LogP contribution in [0.2, 0.25) is 0 Å². The molecule has 0 fully saturated rings. The molecule has 0 saturated carbocycles.